The lowest BCUT2D eigenvalue weighted by Crippen LogP contribution is -2.26. The minimum absolute atomic E-state index is 0.0156. The summed E-state index contributed by atoms with van der Waals surface area (Å²) in [4.78, 5) is 11.4. The highest BCUT2D eigenvalue weighted by molar-refractivity contribution is 6.29. The Kier molecular flexibility index (Phi) is 6.61. The zero-order valence-electron chi connectivity index (χ0n) is 9.61. The van der Waals surface area contributed by atoms with Crippen molar-refractivity contribution in [2.24, 2.45) is 11.1 Å². The lowest BCUT2D eigenvalue weighted by atomic mass is 9.84. The van der Waals surface area contributed by atoms with Gasteiger partial charge < -0.3 is 11.1 Å². The van der Waals surface area contributed by atoms with Gasteiger partial charge in [-0.15, -0.1) is 0 Å². The Morgan fingerprint density at radius 3 is 2.53 bits per heavy atom. The van der Waals surface area contributed by atoms with Gasteiger partial charge in [-0.05, 0) is 24.8 Å². The summed E-state index contributed by atoms with van der Waals surface area (Å²) >= 11 is 5.54. The van der Waals surface area contributed by atoms with E-state index in [9.17, 15) is 4.79 Å². The highest BCUT2D eigenvalue weighted by atomic mass is 35.5. The number of carbonyl (C=O) groups excluding carboxylic acids is 1. The Bertz CT molecular complexity index is 227. The first-order chi connectivity index (χ1) is 6.87. The van der Waals surface area contributed by atoms with Crippen molar-refractivity contribution in [3.05, 3.63) is 11.6 Å². The fourth-order valence-electron chi connectivity index (χ4n) is 1.25. The predicted octanol–water partition coefficient (Wildman–Crippen LogP) is 2.01. The van der Waals surface area contributed by atoms with Gasteiger partial charge in [-0.1, -0.05) is 32.0 Å². The molecule has 0 bridgehead atoms. The van der Waals surface area contributed by atoms with Crippen LogP contribution in [0.25, 0.3) is 0 Å². The molecule has 0 unspecified atom stereocenters. The summed E-state index contributed by atoms with van der Waals surface area (Å²) in [6, 6.07) is 0. The molecule has 15 heavy (non-hydrogen) atoms. The van der Waals surface area contributed by atoms with Crippen molar-refractivity contribution in [1.29, 1.82) is 0 Å². The largest absolute Gasteiger partial charge is 0.351 e. The van der Waals surface area contributed by atoms with Gasteiger partial charge in [0.2, 0.25) is 5.91 Å². The summed E-state index contributed by atoms with van der Waals surface area (Å²) in [6.07, 6.45) is 2.28. The van der Waals surface area contributed by atoms with Crippen LogP contribution in [0.5, 0.6) is 0 Å². The van der Waals surface area contributed by atoms with Gasteiger partial charge >= 0.3 is 0 Å². The van der Waals surface area contributed by atoms with Crippen molar-refractivity contribution in [2.45, 2.75) is 33.1 Å². The van der Waals surface area contributed by atoms with Crippen LogP contribution in [-0.2, 0) is 4.79 Å². The summed E-state index contributed by atoms with van der Waals surface area (Å²) in [5, 5.41) is 3.14. The minimum Gasteiger partial charge on any atom is -0.351 e. The molecule has 3 nitrogen and oxygen atoms in total. The molecule has 0 aliphatic heterocycles. The van der Waals surface area contributed by atoms with E-state index in [-0.39, 0.29) is 11.3 Å². The van der Waals surface area contributed by atoms with Crippen LogP contribution in [-0.4, -0.2) is 19.0 Å². The molecule has 0 spiro atoms. The monoisotopic (exact) mass is 232 g/mol. The summed E-state index contributed by atoms with van der Waals surface area (Å²) in [7, 11) is 0. The van der Waals surface area contributed by atoms with E-state index >= 15 is 0 Å². The summed E-state index contributed by atoms with van der Waals surface area (Å²) in [5.41, 5.74) is 5.62. The molecule has 0 aromatic rings. The van der Waals surface area contributed by atoms with E-state index in [1.165, 1.54) is 0 Å². The first kappa shape index (κ1) is 14.5. The third-order valence-electron chi connectivity index (χ3n) is 2.33. The van der Waals surface area contributed by atoms with E-state index < -0.39 is 0 Å². The highest BCUT2D eigenvalue weighted by Crippen LogP contribution is 2.25. The van der Waals surface area contributed by atoms with Gasteiger partial charge in [-0.3, -0.25) is 4.79 Å². The van der Waals surface area contributed by atoms with Gasteiger partial charge in [0.05, 0.1) is 6.54 Å². The van der Waals surface area contributed by atoms with E-state index in [2.05, 4.69) is 25.7 Å². The van der Waals surface area contributed by atoms with E-state index in [1.54, 1.807) is 0 Å². The van der Waals surface area contributed by atoms with Crippen molar-refractivity contribution >= 4 is 17.5 Å². The summed E-state index contributed by atoms with van der Waals surface area (Å²) < 4.78 is 0. The third-order valence-corrected chi connectivity index (χ3v) is 2.46. The molecule has 0 aliphatic rings. The Balaban J connectivity index is 3.74. The second-order valence-electron chi connectivity index (χ2n) is 4.50. The molecule has 1 amide bonds. The molecule has 0 aliphatic carbocycles. The van der Waals surface area contributed by atoms with Gasteiger partial charge in [0.25, 0.3) is 0 Å². The van der Waals surface area contributed by atoms with Crippen LogP contribution in [0.2, 0.25) is 0 Å². The number of carbonyl (C=O) groups is 1. The van der Waals surface area contributed by atoms with Crippen molar-refractivity contribution in [2.75, 3.05) is 13.1 Å². The molecular weight excluding hydrogens is 212 g/mol. The van der Waals surface area contributed by atoms with Crippen molar-refractivity contribution < 1.29 is 4.79 Å². The van der Waals surface area contributed by atoms with E-state index in [0.29, 0.717) is 24.5 Å². The highest BCUT2D eigenvalue weighted by Gasteiger charge is 2.17. The zero-order chi connectivity index (χ0) is 11.9. The molecule has 0 saturated heterocycles. The summed E-state index contributed by atoms with van der Waals surface area (Å²) in [6.45, 7) is 8.74. The number of amides is 1. The van der Waals surface area contributed by atoms with Crippen LogP contribution >= 0.6 is 11.6 Å². The number of rotatable bonds is 7. The first-order valence-corrected chi connectivity index (χ1v) is 5.55. The molecule has 3 N–H and O–H groups in total. The molecule has 0 radical (unpaired) electrons. The molecule has 0 aromatic heterocycles. The molecule has 4 heteroatoms. The van der Waals surface area contributed by atoms with E-state index in [4.69, 9.17) is 17.3 Å². The van der Waals surface area contributed by atoms with Gasteiger partial charge in [-0.2, -0.15) is 0 Å². The quantitative estimate of drug-likeness (QED) is 0.706. The lowest BCUT2D eigenvalue weighted by Gasteiger charge is -2.23. The molecule has 0 aromatic carbocycles. The normalized spacial score (nSPS) is 11.2. The maximum Gasteiger partial charge on any atom is 0.220 e. The fraction of sp³-hybridized carbons (Fsp3) is 0.727. The van der Waals surface area contributed by atoms with Crippen LogP contribution in [0, 0.1) is 5.41 Å². The van der Waals surface area contributed by atoms with Crippen molar-refractivity contribution in [1.82, 2.24) is 5.32 Å². The molecule has 0 fully saturated rings. The average molecular weight is 233 g/mol. The van der Waals surface area contributed by atoms with Crippen molar-refractivity contribution in [3.8, 4) is 0 Å². The van der Waals surface area contributed by atoms with E-state index in [0.717, 1.165) is 12.8 Å². The number of nitrogens with two attached hydrogens (primary N) is 1. The standard InChI is InChI=1S/C11H21ClN2O/c1-9(12)8-14-10(15)4-5-11(2,3)6-7-13/h1,4-8,13H2,2-3H3,(H,14,15). The van der Waals surface area contributed by atoms with Crippen LogP contribution in [0.3, 0.4) is 0 Å². The summed E-state index contributed by atoms with van der Waals surface area (Å²) in [5.74, 6) is 0.0156. The molecule has 0 saturated carbocycles. The molecule has 0 atom stereocenters. The SMILES string of the molecule is C=C(Cl)CNC(=O)CCC(C)(C)CCN. The number of nitrogens with one attached hydrogen (secondary N) is 1. The van der Waals surface area contributed by atoms with Gasteiger partial charge in [0, 0.05) is 11.5 Å². The number of halogens is 1. The van der Waals surface area contributed by atoms with Crippen LogP contribution in [0.1, 0.15) is 33.1 Å². The number of hydrogen-bond acceptors (Lipinski definition) is 2. The van der Waals surface area contributed by atoms with Gasteiger partial charge in [0.1, 0.15) is 0 Å². The maximum atomic E-state index is 11.4. The van der Waals surface area contributed by atoms with Crippen LogP contribution in [0.15, 0.2) is 11.6 Å². The van der Waals surface area contributed by atoms with Gasteiger partial charge in [-0.25, -0.2) is 0 Å². The van der Waals surface area contributed by atoms with E-state index in [1.807, 2.05) is 0 Å². The molecule has 0 rings (SSSR count). The Morgan fingerprint density at radius 1 is 1.47 bits per heavy atom. The topological polar surface area (TPSA) is 55.1 Å². The fourth-order valence-corrected chi connectivity index (χ4v) is 1.32. The molecule has 88 valence electrons. The van der Waals surface area contributed by atoms with Crippen molar-refractivity contribution in [3.63, 3.8) is 0 Å². The second kappa shape index (κ2) is 6.85. The minimum atomic E-state index is 0.0156. The van der Waals surface area contributed by atoms with Crippen LogP contribution < -0.4 is 11.1 Å². The average Bonchev–Trinajstić information content (AvgIpc) is 2.11. The molecular formula is C11H21ClN2O. The van der Waals surface area contributed by atoms with Gasteiger partial charge in [0.15, 0.2) is 0 Å². The maximum absolute atomic E-state index is 11.4. The Labute approximate surface area is 97.1 Å². The first-order valence-electron chi connectivity index (χ1n) is 5.17. The Hall–Kier alpha value is -0.540. The second-order valence-corrected chi connectivity index (χ2v) is 5.03. The number of hydrogen-bond donors (Lipinski definition) is 2. The zero-order valence-corrected chi connectivity index (χ0v) is 10.4. The molecule has 0 heterocycles. The Morgan fingerprint density at radius 2 is 2.07 bits per heavy atom. The van der Waals surface area contributed by atoms with Crippen LogP contribution in [0.4, 0.5) is 0 Å². The lowest BCUT2D eigenvalue weighted by molar-refractivity contribution is -0.121. The smallest absolute Gasteiger partial charge is 0.220 e. The third kappa shape index (κ3) is 8.45. The predicted molar refractivity (Wildman–Crippen MR) is 64.7 cm³/mol.